The maximum absolute atomic E-state index is 10.7. The molecule has 0 aromatic heterocycles. The summed E-state index contributed by atoms with van der Waals surface area (Å²) in [6.07, 6.45) is -0.494. The predicted molar refractivity (Wildman–Crippen MR) is 32.9 cm³/mol. The number of carbonyl (C=O) groups excluding carboxylic acids is 1. The van der Waals surface area contributed by atoms with Gasteiger partial charge in [-0.15, -0.1) is 0 Å². The summed E-state index contributed by atoms with van der Waals surface area (Å²) >= 11 is 0. The van der Waals surface area contributed by atoms with Crippen molar-refractivity contribution in [3.05, 3.63) is 0 Å². The van der Waals surface area contributed by atoms with Crippen molar-refractivity contribution in [1.29, 1.82) is 0 Å². The summed E-state index contributed by atoms with van der Waals surface area (Å²) in [4.78, 5) is 10.7. The summed E-state index contributed by atoms with van der Waals surface area (Å²) in [6.45, 7) is 0.234. The van der Waals surface area contributed by atoms with Crippen LogP contribution in [0.15, 0.2) is 5.16 Å². The van der Waals surface area contributed by atoms with Gasteiger partial charge < -0.3 is 15.6 Å². The van der Waals surface area contributed by atoms with Crippen LogP contribution in [-0.2, 0) is 4.79 Å². The van der Waals surface area contributed by atoms with Crippen molar-refractivity contribution in [2.24, 2.45) is 5.16 Å². The quantitative estimate of drug-likeness (QED) is 0.292. The molecule has 0 unspecified atom stereocenters. The van der Waals surface area contributed by atoms with Crippen molar-refractivity contribution in [3.8, 4) is 0 Å². The van der Waals surface area contributed by atoms with Gasteiger partial charge in [0.1, 0.15) is 5.71 Å². The van der Waals surface area contributed by atoms with Gasteiger partial charge in [-0.25, -0.2) is 0 Å². The minimum Gasteiger partial charge on any atom is -0.410 e. The number of hydrogen-bond donors (Lipinski definition) is 3. The number of nitrogens with one attached hydrogen (secondary N) is 1. The molecule has 0 radical (unpaired) electrons. The van der Waals surface area contributed by atoms with E-state index in [1.807, 2.05) is 0 Å². The van der Waals surface area contributed by atoms with Crippen molar-refractivity contribution < 1.29 is 15.1 Å². The Morgan fingerprint density at radius 1 is 1.70 bits per heavy atom. The lowest BCUT2D eigenvalue weighted by Crippen LogP contribution is -2.44. The smallest absolute Gasteiger partial charge is 0.269 e. The first-order chi connectivity index (χ1) is 4.74. The third-order valence-corrected chi connectivity index (χ3v) is 1.31. The normalized spacial score (nSPS) is 30.3. The van der Waals surface area contributed by atoms with Gasteiger partial charge in [-0.05, 0) is 0 Å². The van der Waals surface area contributed by atoms with Crippen molar-refractivity contribution in [3.63, 3.8) is 0 Å². The Morgan fingerprint density at radius 2 is 2.40 bits per heavy atom. The predicted octanol–water partition coefficient (Wildman–Crippen LogP) is -1.30. The molecule has 0 aromatic carbocycles. The average molecular weight is 144 g/mol. The molecular weight excluding hydrogens is 136 g/mol. The minimum absolute atomic E-state index is 0.0150. The van der Waals surface area contributed by atoms with Crippen LogP contribution in [0.25, 0.3) is 0 Å². The second-order valence-electron chi connectivity index (χ2n) is 2.11. The van der Waals surface area contributed by atoms with Gasteiger partial charge >= 0.3 is 0 Å². The molecule has 5 nitrogen and oxygen atoms in total. The fourth-order valence-corrected chi connectivity index (χ4v) is 0.787. The third-order valence-electron chi connectivity index (χ3n) is 1.31. The molecule has 56 valence electrons. The van der Waals surface area contributed by atoms with Crippen molar-refractivity contribution in [2.45, 2.75) is 12.5 Å². The molecule has 5 heteroatoms. The van der Waals surface area contributed by atoms with E-state index in [0.717, 1.165) is 0 Å². The zero-order chi connectivity index (χ0) is 7.56. The summed E-state index contributed by atoms with van der Waals surface area (Å²) in [5, 5.41) is 22.2. The number of piperidine rings is 1. The van der Waals surface area contributed by atoms with E-state index >= 15 is 0 Å². The molecule has 1 rings (SSSR count). The molecule has 0 aliphatic carbocycles. The number of β-amino-alcohol motifs (C(OH)–C–C–N with tert-alkyl or cyclic N) is 1. The Bertz CT molecular complexity index is 178. The molecule has 1 aliphatic rings. The van der Waals surface area contributed by atoms with E-state index in [1.165, 1.54) is 0 Å². The highest BCUT2D eigenvalue weighted by molar-refractivity contribution is 6.39. The highest BCUT2D eigenvalue weighted by atomic mass is 16.4. The highest BCUT2D eigenvalue weighted by Crippen LogP contribution is 1.99. The molecule has 1 amide bonds. The fourth-order valence-electron chi connectivity index (χ4n) is 0.787. The first kappa shape index (κ1) is 7.01. The molecule has 10 heavy (non-hydrogen) atoms. The largest absolute Gasteiger partial charge is 0.410 e. The maximum Gasteiger partial charge on any atom is 0.269 e. The van der Waals surface area contributed by atoms with E-state index in [0.29, 0.717) is 0 Å². The van der Waals surface area contributed by atoms with Crippen LogP contribution in [0.2, 0.25) is 0 Å². The van der Waals surface area contributed by atoms with E-state index < -0.39 is 12.0 Å². The number of hydrogen-bond acceptors (Lipinski definition) is 4. The Morgan fingerprint density at radius 3 is 2.90 bits per heavy atom. The molecule has 1 saturated heterocycles. The van der Waals surface area contributed by atoms with E-state index in [2.05, 4.69) is 10.5 Å². The lowest BCUT2D eigenvalue weighted by atomic mass is 10.1. The Labute approximate surface area is 57.3 Å². The van der Waals surface area contributed by atoms with Gasteiger partial charge in [-0.2, -0.15) is 0 Å². The minimum atomic E-state index is -0.622. The van der Waals surface area contributed by atoms with Gasteiger partial charge in [0.15, 0.2) is 0 Å². The molecule has 0 aromatic rings. The number of nitrogens with zero attached hydrogens (tertiary/aromatic N) is 1. The summed E-state index contributed by atoms with van der Waals surface area (Å²) in [5.41, 5.74) is -0.0150. The Kier molecular flexibility index (Phi) is 1.86. The zero-order valence-corrected chi connectivity index (χ0v) is 5.24. The van der Waals surface area contributed by atoms with Gasteiger partial charge in [0.25, 0.3) is 5.91 Å². The third kappa shape index (κ3) is 1.24. The van der Waals surface area contributed by atoms with Crippen LogP contribution in [0.1, 0.15) is 6.42 Å². The van der Waals surface area contributed by atoms with Crippen molar-refractivity contribution >= 4 is 11.6 Å². The molecule has 1 atom stereocenters. The van der Waals surface area contributed by atoms with Crippen LogP contribution in [0.4, 0.5) is 0 Å². The molecular formula is C5H8N2O3. The van der Waals surface area contributed by atoms with Gasteiger partial charge in [-0.3, -0.25) is 4.79 Å². The maximum atomic E-state index is 10.7. The number of amides is 1. The van der Waals surface area contributed by atoms with Crippen LogP contribution in [0.5, 0.6) is 0 Å². The fraction of sp³-hybridized carbons (Fsp3) is 0.600. The second-order valence-corrected chi connectivity index (χ2v) is 2.11. The summed E-state index contributed by atoms with van der Waals surface area (Å²) in [5.74, 6) is -0.409. The van der Waals surface area contributed by atoms with Crippen molar-refractivity contribution in [2.75, 3.05) is 6.54 Å². The van der Waals surface area contributed by atoms with E-state index in [9.17, 15) is 4.79 Å². The lowest BCUT2D eigenvalue weighted by molar-refractivity contribution is -0.116. The van der Waals surface area contributed by atoms with Gasteiger partial charge in [0.05, 0.1) is 6.10 Å². The van der Waals surface area contributed by atoms with Gasteiger partial charge in [-0.1, -0.05) is 5.16 Å². The monoisotopic (exact) mass is 144 g/mol. The topological polar surface area (TPSA) is 81.9 Å². The number of aliphatic hydroxyl groups is 1. The van der Waals surface area contributed by atoms with Gasteiger partial charge in [0.2, 0.25) is 0 Å². The highest BCUT2D eigenvalue weighted by Gasteiger charge is 2.22. The summed E-state index contributed by atoms with van der Waals surface area (Å²) < 4.78 is 0. The van der Waals surface area contributed by atoms with Gasteiger partial charge in [0, 0.05) is 13.0 Å². The van der Waals surface area contributed by atoms with Crippen LogP contribution >= 0.6 is 0 Å². The van der Waals surface area contributed by atoms with E-state index in [-0.39, 0.29) is 18.7 Å². The van der Waals surface area contributed by atoms with E-state index in [1.54, 1.807) is 0 Å². The molecule has 3 N–H and O–H groups in total. The molecule has 0 bridgehead atoms. The molecule has 0 saturated carbocycles. The molecule has 0 spiro atoms. The zero-order valence-electron chi connectivity index (χ0n) is 5.24. The first-order valence-corrected chi connectivity index (χ1v) is 2.91. The van der Waals surface area contributed by atoms with Crippen LogP contribution in [-0.4, -0.2) is 34.6 Å². The number of carbonyl (C=O) groups is 1. The molecule has 1 aliphatic heterocycles. The Hall–Kier alpha value is -1.10. The van der Waals surface area contributed by atoms with E-state index in [4.69, 9.17) is 10.3 Å². The number of oxime groups is 1. The Balaban J connectivity index is 2.63. The van der Waals surface area contributed by atoms with Crippen LogP contribution in [0.3, 0.4) is 0 Å². The standard InChI is InChI=1S/C5H8N2O3/c8-3-1-4(7-10)5(9)6-2-3/h3,8,10H,1-2H2,(H,6,9)/b7-4+/t3-/m1/s1. The first-order valence-electron chi connectivity index (χ1n) is 2.91. The van der Waals surface area contributed by atoms with Crippen molar-refractivity contribution in [1.82, 2.24) is 5.32 Å². The summed E-state index contributed by atoms with van der Waals surface area (Å²) in [7, 11) is 0. The van der Waals surface area contributed by atoms with Crippen LogP contribution < -0.4 is 5.32 Å². The number of rotatable bonds is 0. The van der Waals surface area contributed by atoms with Crippen LogP contribution in [0, 0.1) is 0 Å². The second kappa shape index (κ2) is 2.66. The average Bonchev–Trinajstić information content (AvgIpc) is 1.94. The number of aliphatic hydroxyl groups excluding tert-OH is 1. The molecule has 1 heterocycles. The SMILES string of the molecule is O=C1NC[C@H](O)C/C1=N\O. The lowest BCUT2D eigenvalue weighted by Gasteiger charge is -2.17. The summed E-state index contributed by atoms with van der Waals surface area (Å²) in [6, 6.07) is 0. The molecule has 1 fully saturated rings.